The molecule has 62 valence electrons. The molecule has 5 heteroatoms. The molecule has 1 aromatic heterocycles. The maximum atomic E-state index is 5.69. The number of aromatic nitrogens is 2. The molecule has 1 atom stereocenters. The highest BCUT2D eigenvalue weighted by atomic mass is 32.1. The number of nitrogens with zero attached hydrogens (tertiary/aromatic N) is 2. The Morgan fingerprint density at radius 1 is 1.82 bits per heavy atom. The van der Waals surface area contributed by atoms with Gasteiger partial charge in [-0.25, -0.2) is 0 Å². The van der Waals surface area contributed by atoms with E-state index in [1.165, 1.54) is 11.7 Å². The van der Waals surface area contributed by atoms with Gasteiger partial charge in [-0.05, 0) is 0 Å². The molecule has 0 aromatic carbocycles. The molecule has 0 aliphatic heterocycles. The van der Waals surface area contributed by atoms with Crippen molar-refractivity contribution in [2.45, 2.75) is 12.5 Å². The summed E-state index contributed by atoms with van der Waals surface area (Å²) in [5, 5.41) is 0. The highest BCUT2D eigenvalue weighted by molar-refractivity contribution is 6.99. The summed E-state index contributed by atoms with van der Waals surface area (Å²) in [5.41, 5.74) is 6.63. The standard InChI is InChI=1S/C6H11N3OS/c1-10-4-5(7)2-6-3-8-11-9-6/h3,5H,2,4,7H2,1H3. The first kappa shape index (κ1) is 8.58. The van der Waals surface area contributed by atoms with Crippen molar-refractivity contribution < 1.29 is 4.74 Å². The van der Waals surface area contributed by atoms with Crippen molar-refractivity contribution in [1.82, 2.24) is 8.75 Å². The van der Waals surface area contributed by atoms with Crippen molar-refractivity contribution >= 4 is 11.7 Å². The lowest BCUT2D eigenvalue weighted by molar-refractivity contribution is 0.179. The van der Waals surface area contributed by atoms with Gasteiger partial charge in [-0.15, -0.1) is 0 Å². The van der Waals surface area contributed by atoms with Crippen molar-refractivity contribution in [1.29, 1.82) is 0 Å². The molecule has 1 aromatic rings. The molecular formula is C6H11N3OS. The number of methoxy groups -OCH3 is 1. The number of hydrogen-bond acceptors (Lipinski definition) is 5. The highest BCUT2D eigenvalue weighted by Crippen LogP contribution is 1.98. The lowest BCUT2D eigenvalue weighted by Crippen LogP contribution is -2.28. The Morgan fingerprint density at radius 3 is 3.18 bits per heavy atom. The molecule has 0 bridgehead atoms. The van der Waals surface area contributed by atoms with E-state index in [1.807, 2.05) is 0 Å². The van der Waals surface area contributed by atoms with Gasteiger partial charge in [-0.3, -0.25) is 0 Å². The number of hydrogen-bond donors (Lipinski definition) is 1. The monoisotopic (exact) mass is 173 g/mol. The van der Waals surface area contributed by atoms with Crippen LogP contribution in [0.3, 0.4) is 0 Å². The van der Waals surface area contributed by atoms with E-state index in [4.69, 9.17) is 10.5 Å². The van der Waals surface area contributed by atoms with Gasteiger partial charge < -0.3 is 10.5 Å². The Kier molecular flexibility index (Phi) is 3.41. The predicted octanol–water partition coefficient (Wildman–Crippen LogP) is 0.0543. The molecule has 2 N–H and O–H groups in total. The Labute approximate surface area is 69.7 Å². The summed E-state index contributed by atoms with van der Waals surface area (Å²) in [4.78, 5) is 0. The minimum atomic E-state index is 0.0314. The molecule has 0 radical (unpaired) electrons. The first-order valence-electron chi connectivity index (χ1n) is 3.34. The Bertz CT molecular complexity index is 190. The summed E-state index contributed by atoms with van der Waals surface area (Å²) in [7, 11) is 1.64. The topological polar surface area (TPSA) is 61.0 Å². The van der Waals surface area contributed by atoms with Crippen LogP contribution in [-0.4, -0.2) is 28.5 Å². The van der Waals surface area contributed by atoms with Crippen LogP contribution in [0, 0.1) is 0 Å². The van der Waals surface area contributed by atoms with Crippen LogP contribution in [0.2, 0.25) is 0 Å². The molecule has 0 fully saturated rings. The van der Waals surface area contributed by atoms with E-state index in [-0.39, 0.29) is 6.04 Å². The summed E-state index contributed by atoms with van der Waals surface area (Å²) in [6.45, 7) is 0.567. The maximum absolute atomic E-state index is 5.69. The first-order valence-corrected chi connectivity index (χ1v) is 4.07. The van der Waals surface area contributed by atoms with Crippen LogP contribution in [0.25, 0.3) is 0 Å². The predicted molar refractivity (Wildman–Crippen MR) is 43.5 cm³/mol. The smallest absolute Gasteiger partial charge is 0.0759 e. The molecule has 1 rings (SSSR count). The normalized spacial score (nSPS) is 13.3. The summed E-state index contributed by atoms with van der Waals surface area (Å²) < 4.78 is 12.8. The fraction of sp³-hybridized carbons (Fsp3) is 0.667. The molecule has 11 heavy (non-hydrogen) atoms. The summed E-state index contributed by atoms with van der Waals surface area (Å²) in [6.07, 6.45) is 2.48. The Balaban J connectivity index is 2.31. The van der Waals surface area contributed by atoms with E-state index in [0.717, 1.165) is 12.1 Å². The second-order valence-corrected chi connectivity index (χ2v) is 2.88. The van der Waals surface area contributed by atoms with Gasteiger partial charge in [0.25, 0.3) is 0 Å². The minimum absolute atomic E-state index is 0.0314. The van der Waals surface area contributed by atoms with Crippen molar-refractivity contribution in [2.75, 3.05) is 13.7 Å². The van der Waals surface area contributed by atoms with Crippen LogP contribution in [-0.2, 0) is 11.2 Å². The zero-order chi connectivity index (χ0) is 8.10. The third-order valence-electron chi connectivity index (χ3n) is 1.26. The zero-order valence-corrected chi connectivity index (χ0v) is 7.17. The SMILES string of the molecule is COCC(N)Cc1cnsn1. The molecule has 0 aliphatic carbocycles. The molecule has 0 spiro atoms. The second kappa shape index (κ2) is 4.38. The largest absolute Gasteiger partial charge is 0.383 e. The second-order valence-electron chi connectivity index (χ2n) is 2.32. The van der Waals surface area contributed by atoms with Crippen LogP contribution in [0.15, 0.2) is 6.20 Å². The fourth-order valence-electron chi connectivity index (χ4n) is 0.816. The third-order valence-corrected chi connectivity index (χ3v) is 1.77. The van der Waals surface area contributed by atoms with Crippen molar-refractivity contribution in [3.8, 4) is 0 Å². The molecular weight excluding hydrogens is 162 g/mol. The van der Waals surface area contributed by atoms with Crippen LogP contribution in [0.5, 0.6) is 0 Å². The Morgan fingerprint density at radius 2 is 2.64 bits per heavy atom. The summed E-state index contributed by atoms with van der Waals surface area (Å²) in [5.74, 6) is 0. The fourth-order valence-corrected chi connectivity index (χ4v) is 1.26. The van der Waals surface area contributed by atoms with Crippen molar-refractivity contribution in [3.05, 3.63) is 11.9 Å². The van der Waals surface area contributed by atoms with E-state index in [1.54, 1.807) is 13.3 Å². The number of rotatable bonds is 4. The molecule has 0 amide bonds. The van der Waals surface area contributed by atoms with Gasteiger partial charge in [-0.2, -0.15) is 8.75 Å². The summed E-state index contributed by atoms with van der Waals surface area (Å²) >= 11 is 1.20. The molecule has 4 nitrogen and oxygen atoms in total. The lowest BCUT2D eigenvalue weighted by atomic mass is 10.2. The molecule has 0 aliphatic rings. The third kappa shape index (κ3) is 2.92. The van der Waals surface area contributed by atoms with Crippen LogP contribution >= 0.6 is 11.7 Å². The average Bonchev–Trinajstić information content (AvgIpc) is 2.40. The highest BCUT2D eigenvalue weighted by Gasteiger charge is 2.04. The first-order chi connectivity index (χ1) is 5.33. The quantitative estimate of drug-likeness (QED) is 0.699. The van der Waals surface area contributed by atoms with Crippen molar-refractivity contribution in [3.63, 3.8) is 0 Å². The molecule has 1 unspecified atom stereocenters. The average molecular weight is 173 g/mol. The van der Waals surface area contributed by atoms with Crippen molar-refractivity contribution in [2.24, 2.45) is 5.73 Å². The molecule has 1 heterocycles. The lowest BCUT2D eigenvalue weighted by Gasteiger charge is -2.06. The Hall–Kier alpha value is -0.520. The van der Waals surface area contributed by atoms with Gasteiger partial charge >= 0.3 is 0 Å². The van der Waals surface area contributed by atoms with Crippen LogP contribution < -0.4 is 5.73 Å². The van der Waals surface area contributed by atoms with Gasteiger partial charge in [0.1, 0.15) is 0 Å². The van der Waals surface area contributed by atoms with Gasteiger partial charge in [-0.1, -0.05) is 0 Å². The number of ether oxygens (including phenoxy) is 1. The van der Waals surface area contributed by atoms with Crippen LogP contribution in [0.4, 0.5) is 0 Å². The van der Waals surface area contributed by atoms with Gasteiger partial charge in [0, 0.05) is 19.6 Å². The zero-order valence-electron chi connectivity index (χ0n) is 6.36. The van der Waals surface area contributed by atoms with Crippen LogP contribution in [0.1, 0.15) is 5.69 Å². The molecule has 0 saturated heterocycles. The van der Waals surface area contributed by atoms with E-state index in [2.05, 4.69) is 8.75 Å². The van der Waals surface area contributed by atoms with E-state index >= 15 is 0 Å². The maximum Gasteiger partial charge on any atom is 0.0759 e. The summed E-state index contributed by atoms with van der Waals surface area (Å²) in [6, 6.07) is 0.0314. The minimum Gasteiger partial charge on any atom is -0.383 e. The van der Waals surface area contributed by atoms with Gasteiger partial charge in [0.15, 0.2) is 0 Å². The van der Waals surface area contributed by atoms with E-state index in [0.29, 0.717) is 6.61 Å². The number of nitrogens with two attached hydrogens (primary N) is 1. The van der Waals surface area contributed by atoms with Gasteiger partial charge in [0.2, 0.25) is 0 Å². The molecule has 0 saturated carbocycles. The van der Waals surface area contributed by atoms with Gasteiger partial charge in [0.05, 0.1) is 30.2 Å². The van der Waals surface area contributed by atoms with E-state index in [9.17, 15) is 0 Å². The van der Waals surface area contributed by atoms with E-state index < -0.39 is 0 Å².